The summed E-state index contributed by atoms with van der Waals surface area (Å²) >= 11 is 7.27. The summed E-state index contributed by atoms with van der Waals surface area (Å²) in [7, 11) is 0. The van der Waals surface area contributed by atoms with Crippen molar-refractivity contribution in [3.63, 3.8) is 0 Å². The summed E-state index contributed by atoms with van der Waals surface area (Å²) in [5, 5.41) is 12.2. The van der Waals surface area contributed by atoms with E-state index in [2.05, 4.69) is 20.9 Å². The highest BCUT2D eigenvalue weighted by Gasteiger charge is 2.29. The van der Waals surface area contributed by atoms with Crippen LogP contribution in [0.15, 0.2) is 47.8 Å². The fourth-order valence-corrected chi connectivity index (χ4v) is 4.90. The molecule has 2 aromatic carbocycles. The van der Waals surface area contributed by atoms with E-state index in [1.807, 2.05) is 32.0 Å². The Bertz CT molecular complexity index is 1180. The first kappa shape index (κ1) is 25.0. The third kappa shape index (κ3) is 6.74. The lowest BCUT2D eigenvalue weighted by molar-refractivity contribution is 0.0911. The van der Waals surface area contributed by atoms with Crippen molar-refractivity contribution >= 4 is 40.6 Å². The smallest absolute Gasteiger partial charge is 0.319 e. The number of hydrogen-bond donors (Lipinski definition) is 3. The van der Waals surface area contributed by atoms with Gasteiger partial charge in [0.25, 0.3) is 5.91 Å². The maximum Gasteiger partial charge on any atom is 0.319 e. The Kier molecular flexibility index (Phi) is 8.25. The van der Waals surface area contributed by atoms with Gasteiger partial charge in [0.2, 0.25) is 0 Å². The number of ether oxygens (including phenoxy) is 1. The van der Waals surface area contributed by atoms with Crippen molar-refractivity contribution in [3.05, 3.63) is 74.7 Å². The number of hydrogen-bond acceptors (Lipinski definition) is 5. The summed E-state index contributed by atoms with van der Waals surface area (Å²) in [6.07, 6.45) is 3.61. The van der Waals surface area contributed by atoms with Crippen molar-refractivity contribution in [3.8, 4) is 5.75 Å². The molecule has 0 saturated heterocycles. The molecule has 0 radical (unpaired) electrons. The third-order valence-corrected chi connectivity index (χ3v) is 7.29. The molecule has 9 heteroatoms. The quantitative estimate of drug-likeness (QED) is 0.370. The molecule has 3 amide bonds. The fourth-order valence-electron chi connectivity index (χ4n) is 4.09. The van der Waals surface area contributed by atoms with E-state index in [9.17, 15) is 9.59 Å². The summed E-state index contributed by atoms with van der Waals surface area (Å²) in [6.45, 7) is 4.27. The first-order valence-corrected chi connectivity index (χ1v) is 12.9. The van der Waals surface area contributed by atoms with Crippen molar-refractivity contribution in [2.45, 2.75) is 58.2 Å². The highest BCUT2D eigenvalue weighted by molar-refractivity contribution is 7.09. The van der Waals surface area contributed by atoms with Crippen LogP contribution in [0.2, 0.25) is 5.02 Å². The van der Waals surface area contributed by atoms with E-state index in [0.29, 0.717) is 21.5 Å². The minimum atomic E-state index is -0.264. The van der Waals surface area contributed by atoms with Crippen LogP contribution in [0.3, 0.4) is 0 Å². The second kappa shape index (κ2) is 11.6. The minimum absolute atomic E-state index is 0.149. The number of aryl methyl sites for hydroxylation is 1. The molecule has 4 rings (SSSR count). The molecule has 184 valence electrons. The lowest BCUT2D eigenvalue weighted by Crippen LogP contribution is -2.54. The first-order chi connectivity index (χ1) is 16.9. The van der Waals surface area contributed by atoms with E-state index in [-0.39, 0.29) is 30.6 Å². The van der Waals surface area contributed by atoms with Gasteiger partial charge in [-0.05, 0) is 68.1 Å². The predicted molar refractivity (Wildman–Crippen MR) is 139 cm³/mol. The molecule has 2 atom stereocenters. The van der Waals surface area contributed by atoms with Gasteiger partial charge in [-0.1, -0.05) is 36.6 Å². The van der Waals surface area contributed by atoms with E-state index in [0.717, 1.165) is 42.5 Å². The molecule has 0 spiro atoms. The normalized spacial score (nSPS) is 17.5. The Morgan fingerprint density at radius 3 is 2.51 bits per heavy atom. The number of aromatic nitrogens is 1. The van der Waals surface area contributed by atoms with Crippen molar-refractivity contribution < 1.29 is 14.3 Å². The largest absolute Gasteiger partial charge is 0.486 e. The number of halogens is 1. The van der Waals surface area contributed by atoms with Gasteiger partial charge in [0.05, 0.1) is 6.04 Å². The molecule has 7 nitrogen and oxygen atoms in total. The Labute approximate surface area is 214 Å². The summed E-state index contributed by atoms with van der Waals surface area (Å²) in [6, 6.07) is 12.3. The lowest BCUT2D eigenvalue weighted by atomic mass is 9.90. The molecule has 1 fully saturated rings. The molecule has 1 aromatic heterocycles. The highest BCUT2D eigenvalue weighted by atomic mass is 35.5. The van der Waals surface area contributed by atoms with Crippen molar-refractivity contribution in [2.75, 3.05) is 5.32 Å². The number of rotatable bonds is 7. The number of urea groups is 1. The lowest BCUT2D eigenvalue weighted by Gasteiger charge is -2.32. The van der Waals surface area contributed by atoms with Crippen LogP contribution in [0, 0.1) is 13.8 Å². The Morgan fingerprint density at radius 2 is 1.77 bits per heavy atom. The van der Waals surface area contributed by atoms with E-state index in [4.69, 9.17) is 16.3 Å². The van der Waals surface area contributed by atoms with Crippen LogP contribution in [-0.2, 0) is 6.61 Å². The van der Waals surface area contributed by atoms with Gasteiger partial charge in [-0.2, -0.15) is 0 Å². The van der Waals surface area contributed by atoms with E-state index in [1.54, 1.807) is 29.6 Å². The molecule has 0 unspecified atom stereocenters. The van der Waals surface area contributed by atoms with Crippen molar-refractivity contribution in [1.82, 2.24) is 15.6 Å². The molecule has 3 N–H and O–H groups in total. The van der Waals surface area contributed by atoms with Crippen LogP contribution in [-0.4, -0.2) is 29.0 Å². The molecule has 0 aliphatic heterocycles. The van der Waals surface area contributed by atoms with Crippen molar-refractivity contribution in [2.24, 2.45) is 0 Å². The maximum absolute atomic E-state index is 12.9. The van der Waals surface area contributed by atoms with E-state index >= 15 is 0 Å². The van der Waals surface area contributed by atoms with Gasteiger partial charge >= 0.3 is 6.03 Å². The number of nitrogens with one attached hydrogen (secondary N) is 3. The van der Waals surface area contributed by atoms with Crippen LogP contribution in [0.4, 0.5) is 10.5 Å². The second-order valence-corrected chi connectivity index (χ2v) is 10.1. The number of benzene rings is 2. The van der Waals surface area contributed by atoms with Gasteiger partial charge in [0, 0.05) is 22.1 Å². The Morgan fingerprint density at radius 1 is 1.06 bits per heavy atom. The Hall–Kier alpha value is -3.10. The fraction of sp³-hybridized carbons (Fsp3) is 0.346. The zero-order valence-electron chi connectivity index (χ0n) is 19.8. The van der Waals surface area contributed by atoms with Crippen LogP contribution in [0.1, 0.15) is 52.3 Å². The average Bonchev–Trinajstić information content (AvgIpc) is 3.32. The topological polar surface area (TPSA) is 92.4 Å². The molecular formula is C26H29ClN4O3S. The van der Waals surface area contributed by atoms with Gasteiger partial charge < -0.3 is 20.7 Å². The predicted octanol–water partition coefficient (Wildman–Crippen LogP) is 5.86. The van der Waals surface area contributed by atoms with E-state index in [1.165, 1.54) is 11.3 Å². The van der Waals surface area contributed by atoms with Gasteiger partial charge in [-0.15, -0.1) is 11.3 Å². The number of carbonyl (C=O) groups is 2. The van der Waals surface area contributed by atoms with Gasteiger partial charge in [0.15, 0.2) is 0 Å². The molecule has 0 bridgehead atoms. The summed E-state index contributed by atoms with van der Waals surface area (Å²) < 4.78 is 5.72. The van der Waals surface area contributed by atoms with Crippen molar-refractivity contribution in [1.29, 1.82) is 0 Å². The van der Waals surface area contributed by atoms with Crippen LogP contribution in [0.25, 0.3) is 0 Å². The summed E-state index contributed by atoms with van der Waals surface area (Å²) in [4.78, 5) is 30.0. The minimum Gasteiger partial charge on any atom is -0.486 e. The van der Waals surface area contributed by atoms with Crippen LogP contribution >= 0.6 is 22.9 Å². The van der Waals surface area contributed by atoms with E-state index < -0.39 is 0 Å². The number of amides is 3. The molecule has 1 saturated carbocycles. The summed E-state index contributed by atoms with van der Waals surface area (Å²) in [5.41, 5.74) is 3.30. The summed E-state index contributed by atoms with van der Waals surface area (Å²) in [5.74, 6) is 0.443. The molecule has 1 aliphatic rings. The number of carbonyl (C=O) groups excluding carboxylic acids is 2. The Balaban J connectivity index is 1.32. The zero-order chi connectivity index (χ0) is 24.8. The van der Waals surface area contributed by atoms with Crippen LogP contribution in [0.5, 0.6) is 5.75 Å². The van der Waals surface area contributed by atoms with Gasteiger partial charge in [-0.25, -0.2) is 9.78 Å². The second-order valence-electron chi connectivity index (χ2n) is 8.69. The molecule has 3 aromatic rings. The molecule has 1 heterocycles. The first-order valence-electron chi connectivity index (χ1n) is 11.7. The average molecular weight is 513 g/mol. The van der Waals surface area contributed by atoms with Gasteiger partial charge in [-0.3, -0.25) is 4.79 Å². The SMILES string of the molecule is Cc1cccc(NC(=O)N[C@H]2CCCC[C@@H]2NC(=O)c2csc(COc3ccc(Cl)cc3)n2)c1C. The number of anilines is 1. The molecular weight excluding hydrogens is 484 g/mol. The molecule has 1 aliphatic carbocycles. The van der Waals surface area contributed by atoms with Gasteiger partial charge in [0.1, 0.15) is 23.1 Å². The van der Waals surface area contributed by atoms with Crippen LogP contribution < -0.4 is 20.7 Å². The third-order valence-electron chi connectivity index (χ3n) is 6.21. The molecule has 35 heavy (non-hydrogen) atoms. The number of thiazole rings is 1. The zero-order valence-corrected chi connectivity index (χ0v) is 21.3. The standard InChI is InChI=1S/C26H29ClN4O3S/c1-16-6-5-9-20(17(16)2)30-26(33)31-22-8-4-3-7-21(22)29-25(32)23-15-35-24(28-23)14-34-19-12-10-18(27)11-13-19/h5-6,9-13,15,21-22H,3-4,7-8,14H2,1-2H3,(H,29,32)(H2,30,31,33)/t21-,22-/m0/s1. The highest BCUT2D eigenvalue weighted by Crippen LogP contribution is 2.22. The number of nitrogens with zero attached hydrogens (tertiary/aromatic N) is 1. The monoisotopic (exact) mass is 512 g/mol. The maximum atomic E-state index is 12.9.